The summed E-state index contributed by atoms with van der Waals surface area (Å²) in [7, 11) is 0. The number of rotatable bonds is 4. The van der Waals surface area contributed by atoms with E-state index in [9.17, 15) is 9.59 Å². The van der Waals surface area contributed by atoms with E-state index in [0.29, 0.717) is 5.75 Å². The monoisotopic (exact) mass is 278 g/mol. The van der Waals surface area contributed by atoms with E-state index in [-0.39, 0.29) is 17.1 Å². The zero-order valence-electron chi connectivity index (χ0n) is 10.7. The molecule has 1 atom stereocenters. The van der Waals surface area contributed by atoms with E-state index < -0.39 is 0 Å². The van der Waals surface area contributed by atoms with Crippen molar-refractivity contribution in [2.45, 2.75) is 24.5 Å². The van der Waals surface area contributed by atoms with E-state index in [1.165, 1.54) is 11.8 Å². The number of carbonyl (C=O) groups excluding carboxylic acids is 2. The molecule has 0 aliphatic carbocycles. The Morgan fingerprint density at radius 3 is 2.89 bits per heavy atom. The van der Waals surface area contributed by atoms with Crippen LogP contribution in [0, 0.1) is 0 Å². The zero-order valence-corrected chi connectivity index (χ0v) is 11.5. The van der Waals surface area contributed by atoms with Crippen LogP contribution in [-0.2, 0) is 9.59 Å². The minimum Gasteiger partial charge on any atom is -0.355 e. The number of thioether (sulfide) groups is 1. The molecule has 1 aromatic carbocycles. The summed E-state index contributed by atoms with van der Waals surface area (Å²) in [4.78, 5) is 23.5. The lowest BCUT2D eigenvalue weighted by Gasteiger charge is -2.12. The lowest BCUT2D eigenvalue weighted by atomic mass is 10.2. The van der Waals surface area contributed by atoms with Crippen LogP contribution in [0.25, 0.3) is 0 Å². The average Bonchev–Trinajstić information content (AvgIpc) is 2.62. The van der Waals surface area contributed by atoms with Crippen molar-refractivity contribution < 1.29 is 9.59 Å². The van der Waals surface area contributed by atoms with Crippen molar-refractivity contribution in [1.82, 2.24) is 5.32 Å². The summed E-state index contributed by atoms with van der Waals surface area (Å²) in [5.41, 5.74) is 0.790. The summed E-state index contributed by atoms with van der Waals surface area (Å²) in [6, 6.07) is 9.35. The average molecular weight is 278 g/mol. The van der Waals surface area contributed by atoms with Crippen molar-refractivity contribution in [3.8, 4) is 0 Å². The topological polar surface area (TPSA) is 58.2 Å². The maximum absolute atomic E-state index is 11.8. The third-order valence-corrected chi connectivity index (χ3v) is 4.24. The Hall–Kier alpha value is -1.49. The van der Waals surface area contributed by atoms with E-state index in [1.807, 2.05) is 30.3 Å². The molecule has 19 heavy (non-hydrogen) atoms. The Balaban J connectivity index is 1.78. The van der Waals surface area contributed by atoms with Gasteiger partial charge in [-0.15, -0.1) is 11.8 Å². The molecule has 1 aliphatic rings. The van der Waals surface area contributed by atoms with Crippen LogP contribution in [0.3, 0.4) is 0 Å². The van der Waals surface area contributed by atoms with Crippen LogP contribution < -0.4 is 10.6 Å². The summed E-state index contributed by atoms with van der Waals surface area (Å²) in [5, 5.41) is 5.60. The highest BCUT2D eigenvalue weighted by atomic mass is 32.2. The number of anilines is 1. The van der Waals surface area contributed by atoms with Gasteiger partial charge in [0.2, 0.25) is 11.8 Å². The molecule has 5 heteroatoms. The number of para-hydroxylation sites is 1. The van der Waals surface area contributed by atoms with Gasteiger partial charge in [0, 0.05) is 12.2 Å². The van der Waals surface area contributed by atoms with Gasteiger partial charge in [0.25, 0.3) is 0 Å². The Morgan fingerprint density at radius 2 is 2.11 bits per heavy atom. The van der Waals surface area contributed by atoms with E-state index in [0.717, 1.165) is 31.5 Å². The maximum atomic E-state index is 11.8. The fourth-order valence-corrected chi connectivity index (χ4v) is 2.96. The quantitative estimate of drug-likeness (QED) is 0.886. The van der Waals surface area contributed by atoms with Gasteiger partial charge >= 0.3 is 0 Å². The van der Waals surface area contributed by atoms with Crippen LogP contribution in [0.15, 0.2) is 30.3 Å². The molecule has 1 aromatic rings. The van der Waals surface area contributed by atoms with Crippen LogP contribution >= 0.6 is 11.8 Å². The van der Waals surface area contributed by atoms with E-state index >= 15 is 0 Å². The van der Waals surface area contributed by atoms with Gasteiger partial charge in [-0.1, -0.05) is 24.6 Å². The Morgan fingerprint density at radius 1 is 1.32 bits per heavy atom. The number of hydrogen-bond donors (Lipinski definition) is 2. The maximum Gasteiger partial charge on any atom is 0.234 e. The molecule has 1 saturated heterocycles. The van der Waals surface area contributed by atoms with Crippen LogP contribution in [-0.4, -0.2) is 29.4 Å². The zero-order chi connectivity index (χ0) is 13.5. The summed E-state index contributed by atoms with van der Waals surface area (Å²) >= 11 is 1.42. The van der Waals surface area contributed by atoms with Crippen molar-refractivity contribution in [1.29, 1.82) is 0 Å². The molecular formula is C14H18N2O2S. The first kappa shape index (κ1) is 13.9. The predicted octanol–water partition coefficient (Wildman–Crippen LogP) is 2.03. The number of hydrogen-bond acceptors (Lipinski definition) is 3. The number of amides is 2. The molecule has 0 bridgehead atoms. The van der Waals surface area contributed by atoms with E-state index in [2.05, 4.69) is 10.6 Å². The molecule has 2 amide bonds. The van der Waals surface area contributed by atoms with Crippen molar-refractivity contribution >= 4 is 29.3 Å². The molecule has 2 N–H and O–H groups in total. The first-order valence-electron chi connectivity index (χ1n) is 6.50. The van der Waals surface area contributed by atoms with Crippen molar-refractivity contribution in [3.63, 3.8) is 0 Å². The van der Waals surface area contributed by atoms with Gasteiger partial charge in [0.05, 0.1) is 11.0 Å². The highest BCUT2D eigenvalue weighted by Gasteiger charge is 2.21. The molecule has 1 fully saturated rings. The molecule has 0 aromatic heterocycles. The summed E-state index contributed by atoms with van der Waals surface area (Å²) in [6.07, 6.45) is 2.92. The second kappa shape index (κ2) is 7.19. The fourth-order valence-electron chi connectivity index (χ4n) is 1.97. The second-order valence-electron chi connectivity index (χ2n) is 4.50. The van der Waals surface area contributed by atoms with Crippen LogP contribution in [0.1, 0.15) is 19.3 Å². The normalized spacial score (nSPS) is 19.4. The molecule has 2 rings (SSSR count). The SMILES string of the molecule is O=C(CS[C@H]1CCCCNC1=O)Nc1ccccc1. The van der Waals surface area contributed by atoms with Crippen molar-refractivity contribution in [2.24, 2.45) is 0 Å². The van der Waals surface area contributed by atoms with Gasteiger partial charge < -0.3 is 10.6 Å². The molecule has 1 heterocycles. The van der Waals surface area contributed by atoms with Gasteiger partial charge in [-0.3, -0.25) is 9.59 Å². The third kappa shape index (κ3) is 4.59. The first-order chi connectivity index (χ1) is 9.25. The molecule has 0 saturated carbocycles. The highest BCUT2D eigenvalue weighted by Crippen LogP contribution is 2.20. The lowest BCUT2D eigenvalue weighted by molar-refractivity contribution is -0.120. The number of nitrogens with one attached hydrogen (secondary N) is 2. The molecule has 0 unspecified atom stereocenters. The molecule has 0 spiro atoms. The van der Waals surface area contributed by atoms with Gasteiger partial charge in [-0.05, 0) is 25.0 Å². The first-order valence-corrected chi connectivity index (χ1v) is 7.55. The second-order valence-corrected chi connectivity index (χ2v) is 5.69. The Kier molecular flexibility index (Phi) is 5.27. The molecular weight excluding hydrogens is 260 g/mol. The number of carbonyl (C=O) groups is 2. The highest BCUT2D eigenvalue weighted by molar-refractivity contribution is 8.01. The van der Waals surface area contributed by atoms with Crippen LogP contribution in [0.4, 0.5) is 5.69 Å². The van der Waals surface area contributed by atoms with Crippen LogP contribution in [0.2, 0.25) is 0 Å². The van der Waals surface area contributed by atoms with Gasteiger partial charge in [0.1, 0.15) is 0 Å². The van der Waals surface area contributed by atoms with Crippen LogP contribution in [0.5, 0.6) is 0 Å². The molecule has 4 nitrogen and oxygen atoms in total. The lowest BCUT2D eigenvalue weighted by Crippen LogP contribution is -2.31. The smallest absolute Gasteiger partial charge is 0.234 e. The van der Waals surface area contributed by atoms with Gasteiger partial charge in [-0.2, -0.15) is 0 Å². The Labute approximate surface area is 117 Å². The van der Waals surface area contributed by atoms with Crippen molar-refractivity contribution in [2.75, 3.05) is 17.6 Å². The molecule has 102 valence electrons. The third-order valence-electron chi connectivity index (χ3n) is 2.96. The summed E-state index contributed by atoms with van der Waals surface area (Å²) in [5.74, 6) is 0.315. The van der Waals surface area contributed by atoms with Gasteiger partial charge in [-0.25, -0.2) is 0 Å². The van der Waals surface area contributed by atoms with Gasteiger partial charge in [0.15, 0.2) is 0 Å². The molecule has 1 aliphatic heterocycles. The minimum atomic E-state index is -0.0935. The Bertz CT molecular complexity index is 436. The fraction of sp³-hybridized carbons (Fsp3) is 0.429. The van der Waals surface area contributed by atoms with E-state index in [4.69, 9.17) is 0 Å². The predicted molar refractivity (Wildman–Crippen MR) is 78.2 cm³/mol. The van der Waals surface area contributed by atoms with Crippen molar-refractivity contribution in [3.05, 3.63) is 30.3 Å². The van der Waals surface area contributed by atoms with E-state index in [1.54, 1.807) is 0 Å². The molecule has 0 radical (unpaired) electrons. The minimum absolute atomic E-state index is 0.0618. The largest absolute Gasteiger partial charge is 0.355 e. The summed E-state index contributed by atoms with van der Waals surface area (Å²) in [6.45, 7) is 0.756. The number of benzene rings is 1. The summed E-state index contributed by atoms with van der Waals surface area (Å²) < 4.78 is 0. The standard InChI is InChI=1S/C14H18N2O2S/c17-13(16-11-6-2-1-3-7-11)10-19-12-8-4-5-9-15-14(12)18/h1-3,6-7,12H,4-5,8-10H2,(H,15,18)(H,16,17)/t12-/m0/s1.